The van der Waals surface area contributed by atoms with Crippen LogP contribution in [0.5, 0.6) is 11.5 Å². The Hall–Kier alpha value is -3.45. The first-order chi connectivity index (χ1) is 16.7. The van der Waals surface area contributed by atoms with Crippen LogP contribution in [0.4, 0.5) is 4.39 Å². The van der Waals surface area contributed by atoms with Crippen LogP contribution < -0.4 is 14.8 Å². The van der Waals surface area contributed by atoms with E-state index in [0.717, 1.165) is 37.2 Å². The Morgan fingerprint density at radius 1 is 1.12 bits per heavy atom. The number of ether oxygens (including phenoxy) is 2. The lowest BCUT2D eigenvalue weighted by Crippen LogP contribution is -2.45. The molecule has 1 N–H and O–H groups in total. The highest BCUT2D eigenvalue weighted by atomic mass is 19.1. The van der Waals surface area contributed by atoms with Crippen molar-refractivity contribution in [1.82, 2.24) is 15.2 Å². The molecule has 2 aromatic carbocycles. The fraction of sp³-hybridized carbons (Fsp3) is 0.333. The molecule has 4 rings (SSSR count). The van der Waals surface area contributed by atoms with E-state index in [1.54, 1.807) is 31.5 Å². The van der Waals surface area contributed by atoms with Crippen molar-refractivity contribution in [3.05, 3.63) is 90.0 Å². The third-order valence-electron chi connectivity index (χ3n) is 6.09. The zero-order chi connectivity index (χ0) is 23.8. The number of benzene rings is 2. The van der Waals surface area contributed by atoms with E-state index < -0.39 is 11.9 Å². The van der Waals surface area contributed by atoms with Gasteiger partial charge in [0.25, 0.3) is 0 Å². The Labute approximate surface area is 199 Å². The average molecular weight is 464 g/mol. The van der Waals surface area contributed by atoms with Crippen LogP contribution in [0.25, 0.3) is 0 Å². The molecule has 1 atom stereocenters. The van der Waals surface area contributed by atoms with Crippen LogP contribution >= 0.6 is 0 Å². The number of pyridine rings is 1. The molecule has 0 bridgehead atoms. The molecule has 1 unspecified atom stereocenters. The Morgan fingerprint density at radius 2 is 1.91 bits per heavy atom. The summed E-state index contributed by atoms with van der Waals surface area (Å²) in [5, 5.41) is 3.32. The fourth-order valence-corrected chi connectivity index (χ4v) is 4.35. The standard InChI is InChI=1S/C27H30FN3O3/c1-33-22-8-6-7-21(19-22)26(24-10-4-5-14-30-24)31(27(32)20-12-15-29-16-13-20)17-18-34-25-11-3-2-9-23(25)28/h2-11,14,19-20,26,29H,12-13,15-18H2,1H3. The number of hydrogen-bond donors (Lipinski definition) is 1. The molecule has 6 nitrogen and oxygen atoms in total. The molecule has 1 fully saturated rings. The van der Waals surface area contributed by atoms with E-state index >= 15 is 0 Å². The Bertz CT molecular complexity index is 1070. The van der Waals surface area contributed by atoms with Gasteiger partial charge in [-0.2, -0.15) is 0 Å². The van der Waals surface area contributed by atoms with Gasteiger partial charge in [-0.3, -0.25) is 9.78 Å². The Morgan fingerprint density at radius 3 is 2.65 bits per heavy atom. The molecule has 7 heteroatoms. The van der Waals surface area contributed by atoms with Gasteiger partial charge in [-0.15, -0.1) is 0 Å². The molecule has 2 heterocycles. The smallest absolute Gasteiger partial charge is 0.226 e. The van der Waals surface area contributed by atoms with E-state index in [0.29, 0.717) is 5.75 Å². The van der Waals surface area contributed by atoms with Gasteiger partial charge in [0.2, 0.25) is 5.91 Å². The number of carbonyl (C=O) groups is 1. The van der Waals surface area contributed by atoms with Gasteiger partial charge in [-0.05, 0) is 67.9 Å². The summed E-state index contributed by atoms with van der Waals surface area (Å²) in [6.07, 6.45) is 3.28. The average Bonchev–Trinajstić information content (AvgIpc) is 2.90. The number of para-hydroxylation sites is 1. The molecular weight excluding hydrogens is 433 g/mol. The summed E-state index contributed by atoms with van der Waals surface area (Å²) in [7, 11) is 1.62. The second-order valence-corrected chi connectivity index (χ2v) is 8.27. The summed E-state index contributed by atoms with van der Waals surface area (Å²) in [6, 6.07) is 19.2. The third-order valence-corrected chi connectivity index (χ3v) is 6.09. The monoisotopic (exact) mass is 463 g/mol. The molecule has 1 aliphatic rings. The Kier molecular flexibility index (Phi) is 8.09. The number of piperidine rings is 1. The van der Waals surface area contributed by atoms with Gasteiger partial charge in [0, 0.05) is 12.1 Å². The molecule has 0 spiro atoms. The number of nitrogens with zero attached hydrogens (tertiary/aromatic N) is 2. The van der Waals surface area contributed by atoms with Crippen molar-refractivity contribution in [1.29, 1.82) is 0 Å². The van der Waals surface area contributed by atoms with Crippen LogP contribution in [0, 0.1) is 11.7 Å². The number of methoxy groups -OCH3 is 1. The van der Waals surface area contributed by atoms with Gasteiger partial charge in [0.1, 0.15) is 12.4 Å². The minimum Gasteiger partial charge on any atom is -0.497 e. The molecule has 1 saturated heterocycles. The predicted octanol–water partition coefficient (Wildman–Crippen LogP) is 4.23. The molecule has 0 radical (unpaired) electrons. The van der Waals surface area contributed by atoms with Crippen molar-refractivity contribution >= 4 is 5.91 Å². The summed E-state index contributed by atoms with van der Waals surface area (Å²) in [6.45, 7) is 2.06. The highest BCUT2D eigenvalue weighted by Gasteiger charge is 2.33. The molecule has 34 heavy (non-hydrogen) atoms. The number of aromatic nitrogens is 1. The number of amides is 1. The van der Waals surface area contributed by atoms with Crippen molar-refractivity contribution in [2.45, 2.75) is 18.9 Å². The molecule has 1 aliphatic heterocycles. The lowest BCUT2D eigenvalue weighted by molar-refractivity contribution is -0.138. The predicted molar refractivity (Wildman–Crippen MR) is 128 cm³/mol. The van der Waals surface area contributed by atoms with Crippen molar-refractivity contribution in [2.24, 2.45) is 5.92 Å². The topological polar surface area (TPSA) is 63.7 Å². The van der Waals surface area contributed by atoms with Crippen molar-refractivity contribution in [2.75, 3.05) is 33.4 Å². The first-order valence-corrected chi connectivity index (χ1v) is 11.6. The summed E-state index contributed by atoms with van der Waals surface area (Å²) in [4.78, 5) is 20.3. The van der Waals surface area contributed by atoms with E-state index in [1.807, 2.05) is 47.4 Å². The van der Waals surface area contributed by atoms with Crippen molar-refractivity contribution < 1.29 is 18.7 Å². The third kappa shape index (κ3) is 5.72. The largest absolute Gasteiger partial charge is 0.497 e. The molecule has 3 aromatic rings. The summed E-state index contributed by atoms with van der Waals surface area (Å²) in [5.74, 6) is 0.416. The Balaban J connectivity index is 1.67. The van der Waals surface area contributed by atoms with E-state index in [1.165, 1.54) is 6.07 Å². The summed E-state index contributed by atoms with van der Waals surface area (Å²) in [5.41, 5.74) is 1.65. The van der Waals surface area contributed by atoms with Crippen LogP contribution in [0.15, 0.2) is 72.9 Å². The zero-order valence-corrected chi connectivity index (χ0v) is 19.3. The fourth-order valence-electron chi connectivity index (χ4n) is 4.35. The summed E-state index contributed by atoms with van der Waals surface area (Å²) >= 11 is 0. The molecule has 1 aromatic heterocycles. The van der Waals surface area contributed by atoms with Crippen LogP contribution in [0.1, 0.15) is 30.1 Å². The molecule has 0 saturated carbocycles. The quantitative estimate of drug-likeness (QED) is 0.515. The van der Waals surface area contributed by atoms with E-state index in [4.69, 9.17) is 9.47 Å². The molecular formula is C27H30FN3O3. The van der Waals surface area contributed by atoms with Crippen LogP contribution in [-0.4, -0.2) is 49.1 Å². The van der Waals surface area contributed by atoms with Gasteiger partial charge in [-0.25, -0.2) is 4.39 Å². The number of nitrogens with one attached hydrogen (secondary N) is 1. The normalized spacial score (nSPS) is 14.9. The number of rotatable bonds is 9. The van der Waals surface area contributed by atoms with Gasteiger partial charge in [0.05, 0.1) is 25.4 Å². The van der Waals surface area contributed by atoms with Crippen LogP contribution in [0.3, 0.4) is 0 Å². The van der Waals surface area contributed by atoms with Crippen molar-refractivity contribution in [3.63, 3.8) is 0 Å². The zero-order valence-electron chi connectivity index (χ0n) is 19.3. The highest BCUT2D eigenvalue weighted by Crippen LogP contribution is 2.32. The molecule has 1 amide bonds. The van der Waals surface area contributed by atoms with Gasteiger partial charge in [0.15, 0.2) is 11.6 Å². The van der Waals surface area contributed by atoms with Crippen molar-refractivity contribution in [3.8, 4) is 11.5 Å². The minimum atomic E-state index is -0.428. The second kappa shape index (κ2) is 11.6. The first-order valence-electron chi connectivity index (χ1n) is 11.6. The molecule has 0 aliphatic carbocycles. The lowest BCUT2D eigenvalue weighted by atomic mass is 9.93. The SMILES string of the molecule is COc1cccc(C(c2ccccn2)N(CCOc2ccccc2F)C(=O)C2CCNCC2)c1. The van der Waals surface area contributed by atoms with E-state index in [2.05, 4.69) is 10.3 Å². The summed E-state index contributed by atoms with van der Waals surface area (Å²) < 4.78 is 25.3. The van der Waals surface area contributed by atoms with Gasteiger partial charge < -0.3 is 19.7 Å². The number of hydrogen-bond acceptors (Lipinski definition) is 5. The van der Waals surface area contributed by atoms with Gasteiger partial charge in [-0.1, -0.05) is 30.3 Å². The second-order valence-electron chi connectivity index (χ2n) is 8.27. The number of halogens is 1. The van der Waals surface area contributed by atoms with Gasteiger partial charge >= 0.3 is 0 Å². The van der Waals surface area contributed by atoms with Crippen LogP contribution in [0.2, 0.25) is 0 Å². The van der Waals surface area contributed by atoms with E-state index in [-0.39, 0.29) is 30.7 Å². The maximum Gasteiger partial charge on any atom is 0.226 e. The lowest BCUT2D eigenvalue weighted by Gasteiger charge is -2.35. The molecule has 178 valence electrons. The van der Waals surface area contributed by atoms with Crippen LogP contribution in [-0.2, 0) is 4.79 Å². The van der Waals surface area contributed by atoms with E-state index in [9.17, 15) is 9.18 Å². The highest BCUT2D eigenvalue weighted by molar-refractivity contribution is 5.80. The first kappa shape index (κ1) is 23.7. The number of carbonyl (C=O) groups excluding carboxylic acids is 1. The minimum absolute atomic E-state index is 0.0529. The maximum atomic E-state index is 14.1. The maximum absolute atomic E-state index is 14.1.